The lowest BCUT2D eigenvalue weighted by molar-refractivity contribution is 0.182. The van der Waals surface area contributed by atoms with Crippen molar-refractivity contribution in [2.75, 3.05) is 12.4 Å². The average molecular weight is 247 g/mol. The molecule has 1 aromatic heterocycles. The Hall–Kier alpha value is -0.170. The van der Waals surface area contributed by atoms with Crippen LogP contribution in [0.5, 0.6) is 0 Å². The highest BCUT2D eigenvalue weighted by atomic mass is 32.2. The molecule has 4 nitrogen and oxygen atoms in total. The van der Waals surface area contributed by atoms with Crippen LogP contribution in [0.1, 0.15) is 26.2 Å². The highest BCUT2D eigenvalue weighted by molar-refractivity contribution is 8.00. The zero-order valence-corrected chi connectivity index (χ0v) is 10.5. The van der Waals surface area contributed by atoms with Gasteiger partial charge in [0.05, 0.1) is 6.61 Å². The maximum absolute atomic E-state index is 9.12. The van der Waals surface area contributed by atoms with E-state index in [1.165, 1.54) is 11.5 Å². The standard InChI is InChI=1S/C9H17N3OS2/c1-2-9(10,6-13)4-3-5-14-8-11-7-12-15-8/h7,13H,2-6,10H2,1H3. The van der Waals surface area contributed by atoms with Crippen molar-refractivity contribution in [2.24, 2.45) is 5.73 Å². The smallest absolute Gasteiger partial charge is 0.169 e. The fourth-order valence-corrected chi connectivity index (χ4v) is 2.63. The summed E-state index contributed by atoms with van der Waals surface area (Å²) in [7, 11) is 0. The summed E-state index contributed by atoms with van der Waals surface area (Å²) in [4.78, 5) is 4.08. The maximum Gasteiger partial charge on any atom is 0.169 e. The summed E-state index contributed by atoms with van der Waals surface area (Å²) in [5.41, 5.74) is 5.57. The Kier molecular flexibility index (Phi) is 5.52. The molecular weight excluding hydrogens is 230 g/mol. The summed E-state index contributed by atoms with van der Waals surface area (Å²) in [6.45, 7) is 2.07. The summed E-state index contributed by atoms with van der Waals surface area (Å²) < 4.78 is 4.93. The molecule has 6 heteroatoms. The van der Waals surface area contributed by atoms with E-state index in [4.69, 9.17) is 10.8 Å². The molecule has 0 radical (unpaired) electrons. The predicted molar refractivity (Wildman–Crippen MR) is 64.2 cm³/mol. The molecule has 0 aliphatic heterocycles. The second-order valence-electron chi connectivity index (χ2n) is 3.53. The second kappa shape index (κ2) is 6.42. The number of aromatic nitrogens is 2. The number of aliphatic hydroxyl groups excluding tert-OH is 1. The number of nitrogens with two attached hydrogens (primary N) is 1. The minimum Gasteiger partial charge on any atom is -0.394 e. The zero-order valence-electron chi connectivity index (χ0n) is 8.85. The van der Waals surface area contributed by atoms with Gasteiger partial charge in [0, 0.05) is 11.3 Å². The van der Waals surface area contributed by atoms with E-state index < -0.39 is 5.54 Å². The van der Waals surface area contributed by atoms with E-state index in [9.17, 15) is 0 Å². The van der Waals surface area contributed by atoms with Gasteiger partial charge >= 0.3 is 0 Å². The molecule has 1 heterocycles. The van der Waals surface area contributed by atoms with Crippen molar-refractivity contribution in [1.82, 2.24) is 9.36 Å². The van der Waals surface area contributed by atoms with Crippen LogP contribution >= 0.6 is 23.3 Å². The molecule has 1 unspecified atom stereocenters. The molecule has 0 aromatic carbocycles. The molecule has 3 N–H and O–H groups in total. The lowest BCUT2D eigenvalue weighted by Crippen LogP contribution is -2.42. The molecule has 0 fully saturated rings. The number of nitrogens with zero attached hydrogens (tertiary/aromatic N) is 2. The van der Waals surface area contributed by atoms with Gasteiger partial charge in [-0.3, -0.25) is 0 Å². The Morgan fingerprint density at radius 3 is 3.00 bits per heavy atom. The van der Waals surface area contributed by atoms with Crippen LogP contribution in [0.15, 0.2) is 10.7 Å². The normalized spacial score (nSPS) is 15.1. The summed E-state index contributed by atoms with van der Waals surface area (Å²) in [5, 5.41) is 9.12. The van der Waals surface area contributed by atoms with E-state index in [1.54, 1.807) is 18.1 Å². The van der Waals surface area contributed by atoms with Crippen molar-refractivity contribution in [3.8, 4) is 0 Å². The van der Waals surface area contributed by atoms with Gasteiger partial charge in [0.15, 0.2) is 4.34 Å². The third-order valence-corrected chi connectivity index (χ3v) is 4.29. The molecule has 0 saturated carbocycles. The summed E-state index contributed by atoms with van der Waals surface area (Å²) >= 11 is 3.11. The third kappa shape index (κ3) is 4.46. The molecule has 1 aromatic rings. The van der Waals surface area contributed by atoms with Crippen molar-refractivity contribution in [3.05, 3.63) is 6.33 Å². The molecule has 0 aliphatic rings. The lowest BCUT2D eigenvalue weighted by Gasteiger charge is -2.25. The average Bonchev–Trinajstić information content (AvgIpc) is 2.77. The first-order valence-electron chi connectivity index (χ1n) is 4.99. The third-order valence-electron chi connectivity index (χ3n) is 2.40. The molecule has 86 valence electrons. The summed E-state index contributed by atoms with van der Waals surface area (Å²) in [5.74, 6) is 0.980. The number of hydrogen-bond donors (Lipinski definition) is 2. The van der Waals surface area contributed by atoms with Gasteiger partial charge in [-0.25, -0.2) is 4.98 Å². The van der Waals surface area contributed by atoms with Gasteiger partial charge in [-0.1, -0.05) is 18.7 Å². The number of thioether (sulfide) groups is 1. The minimum absolute atomic E-state index is 0.0625. The molecule has 0 bridgehead atoms. The van der Waals surface area contributed by atoms with E-state index in [2.05, 4.69) is 9.36 Å². The van der Waals surface area contributed by atoms with Crippen molar-refractivity contribution in [2.45, 2.75) is 36.1 Å². The van der Waals surface area contributed by atoms with Crippen LogP contribution in [0.2, 0.25) is 0 Å². The molecule has 0 amide bonds. The summed E-state index contributed by atoms with van der Waals surface area (Å²) in [6.07, 6.45) is 4.23. The van der Waals surface area contributed by atoms with Crippen LogP contribution in [0, 0.1) is 0 Å². The quantitative estimate of drug-likeness (QED) is 0.564. The van der Waals surface area contributed by atoms with Gasteiger partial charge in [-0.05, 0) is 30.8 Å². The number of hydrogen-bond acceptors (Lipinski definition) is 6. The van der Waals surface area contributed by atoms with Crippen LogP contribution in [0.25, 0.3) is 0 Å². The van der Waals surface area contributed by atoms with E-state index >= 15 is 0 Å². The Labute approximate surface area is 98.5 Å². The van der Waals surface area contributed by atoms with Crippen molar-refractivity contribution >= 4 is 23.3 Å². The Morgan fingerprint density at radius 2 is 2.47 bits per heavy atom. The fourth-order valence-electron chi connectivity index (χ4n) is 1.18. The highest BCUT2D eigenvalue weighted by Gasteiger charge is 2.20. The van der Waals surface area contributed by atoms with Crippen molar-refractivity contribution in [1.29, 1.82) is 0 Å². The van der Waals surface area contributed by atoms with Crippen LogP contribution in [-0.2, 0) is 0 Å². The minimum atomic E-state index is -0.401. The van der Waals surface area contributed by atoms with Crippen molar-refractivity contribution < 1.29 is 5.11 Å². The van der Waals surface area contributed by atoms with Gasteiger partial charge in [0.25, 0.3) is 0 Å². The fraction of sp³-hybridized carbons (Fsp3) is 0.778. The Morgan fingerprint density at radius 1 is 1.67 bits per heavy atom. The van der Waals surface area contributed by atoms with Gasteiger partial charge in [0.2, 0.25) is 0 Å². The van der Waals surface area contributed by atoms with Crippen LogP contribution in [-0.4, -0.2) is 32.4 Å². The van der Waals surface area contributed by atoms with Gasteiger partial charge in [-0.15, -0.1) is 0 Å². The SMILES string of the molecule is CCC(N)(CO)CCCSc1ncns1. The van der Waals surface area contributed by atoms with Gasteiger partial charge in [0.1, 0.15) is 6.33 Å². The highest BCUT2D eigenvalue weighted by Crippen LogP contribution is 2.22. The monoisotopic (exact) mass is 247 g/mol. The molecule has 1 rings (SSSR count). The van der Waals surface area contributed by atoms with E-state index in [0.29, 0.717) is 0 Å². The molecule has 0 spiro atoms. The molecule has 1 atom stereocenters. The summed E-state index contributed by atoms with van der Waals surface area (Å²) in [6, 6.07) is 0. The first-order valence-corrected chi connectivity index (χ1v) is 6.75. The van der Waals surface area contributed by atoms with Crippen LogP contribution < -0.4 is 5.73 Å². The topological polar surface area (TPSA) is 72.0 Å². The van der Waals surface area contributed by atoms with Crippen molar-refractivity contribution in [3.63, 3.8) is 0 Å². The largest absolute Gasteiger partial charge is 0.394 e. The number of aliphatic hydroxyl groups is 1. The van der Waals surface area contributed by atoms with Gasteiger partial charge in [-0.2, -0.15) is 4.37 Å². The van der Waals surface area contributed by atoms with E-state index in [0.717, 1.165) is 29.4 Å². The van der Waals surface area contributed by atoms with Crippen LogP contribution in [0.4, 0.5) is 0 Å². The Bertz CT molecular complexity index is 262. The molecule has 15 heavy (non-hydrogen) atoms. The molecule has 0 aliphatic carbocycles. The lowest BCUT2D eigenvalue weighted by atomic mass is 9.93. The molecular formula is C9H17N3OS2. The molecule has 0 saturated heterocycles. The van der Waals surface area contributed by atoms with E-state index in [-0.39, 0.29) is 6.61 Å². The van der Waals surface area contributed by atoms with E-state index in [1.807, 2.05) is 6.92 Å². The van der Waals surface area contributed by atoms with Gasteiger partial charge < -0.3 is 10.8 Å². The van der Waals surface area contributed by atoms with Crippen LogP contribution in [0.3, 0.4) is 0 Å². The zero-order chi connectivity index (χ0) is 11.1. The number of rotatable bonds is 7. The first kappa shape index (κ1) is 12.9. The Balaban J connectivity index is 2.16. The first-order chi connectivity index (χ1) is 7.20. The second-order valence-corrected chi connectivity index (χ2v) is 5.66. The predicted octanol–water partition coefficient (Wildman–Crippen LogP) is 1.51. The maximum atomic E-state index is 9.12.